The minimum absolute atomic E-state index is 0.0971. The highest BCUT2D eigenvalue weighted by Gasteiger charge is 2.57. The molecule has 0 aliphatic heterocycles. The maximum absolute atomic E-state index is 13.0. The van der Waals surface area contributed by atoms with Crippen molar-refractivity contribution in [2.24, 2.45) is 23.2 Å². The summed E-state index contributed by atoms with van der Waals surface area (Å²) in [5.74, 6) is 2.59. The summed E-state index contributed by atoms with van der Waals surface area (Å²) < 4.78 is 5.60. The molecule has 2 fully saturated rings. The molecule has 0 heterocycles. The van der Waals surface area contributed by atoms with E-state index in [1.165, 1.54) is 11.1 Å². The Labute approximate surface area is 144 Å². The number of aromatic hydroxyl groups is 1. The molecular weight excluding hydrogens is 300 g/mol. The summed E-state index contributed by atoms with van der Waals surface area (Å²) in [5, 5.41) is 9.77. The van der Waals surface area contributed by atoms with E-state index < -0.39 is 0 Å². The summed E-state index contributed by atoms with van der Waals surface area (Å²) in [6.45, 7) is 5.50. The zero-order valence-electron chi connectivity index (χ0n) is 14.8. The van der Waals surface area contributed by atoms with Gasteiger partial charge >= 0.3 is 0 Å². The minimum Gasteiger partial charge on any atom is -0.508 e. The van der Waals surface area contributed by atoms with Crippen molar-refractivity contribution in [1.29, 1.82) is 0 Å². The van der Waals surface area contributed by atoms with Gasteiger partial charge in [-0.25, -0.2) is 0 Å². The van der Waals surface area contributed by atoms with Crippen LogP contribution < -0.4 is 0 Å². The van der Waals surface area contributed by atoms with Crippen molar-refractivity contribution >= 4 is 5.78 Å². The van der Waals surface area contributed by atoms with Gasteiger partial charge in [0, 0.05) is 17.9 Å². The molecule has 0 saturated heterocycles. The summed E-state index contributed by atoms with van der Waals surface area (Å²) in [6, 6.07) is 5.89. The second-order valence-electron chi connectivity index (χ2n) is 8.21. The molecule has 3 aliphatic rings. The Kier molecular flexibility index (Phi) is 3.95. The number of benzene rings is 1. The van der Waals surface area contributed by atoms with Gasteiger partial charge in [-0.2, -0.15) is 0 Å². The number of rotatable bonds is 3. The fraction of sp³-hybridized carbons (Fsp3) is 0.667. The number of phenols is 1. The molecule has 0 spiro atoms. The Bertz CT molecular complexity index is 652. The number of hydrogen-bond acceptors (Lipinski definition) is 3. The van der Waals surface area contributed by atoms with Crippen LogP contribution in [-0.2, 0) is 16.0 Å². The number of carbonyl (C=O) groups excluding carboxylic acids is 1. The third-order valence-electron chi connectivity index (χ3n) is 7.10. The molecule has 1 N–H and O–H groups in total. The van der Waals surface area contributed by atoms with Crippen molar-refractivity contribution in [3.05, 3.63) is 29.3 Å². The maximum Gasteiger partial charge on any atom is 0.144 e. The lowest BCUT2D eigenvalue weighted by Gasteiger charge is -2.48. The van der Waals surface area contributed by atoms with Crippen LogP contribution in [0.5, 0.6) is 5.75 Å². The number of aryl methyl sites for hydroxylation is 1. The SMILES string of the molecule is CCOC[C@H]1CC2C3CCc4cc(O)ccc4C3CC[C@]2(C)C1=O. The van der Waals surface area contributed by atoms with E-state index >= 15 is 0 Å². The first kappa shape index (κ1) is 16.1. The second kappa shape index (κ2) is 5.87. The molecule has 3 unspecified atom stereocenters. The van der Waals surface area contributed by atoms with E-state index in [0.717, 1.165) is 32.1 Å². The first-order valence-corrected chi connectivity index (χ1v) is 9.48. The lowest BCUT2D eigenvalue weighted by Crippen LogP contribution is -2.42. The fourth-order valence-electron chi connectivity index (χ4n) is 5.91. The largest absolute Gasteiger partial charge is 0.508 e. The van der Waals surface area contributed by atoms with Gasteiger partial charge in [0.15, 0.2) is 0 Å². The monoisotopic (exact) mass is 328 g/mol. The molecule has 0 bridgehead atoms. The topological polar surface area (TPSA) is 46.5 Å². The molecule has 2 saturated carbocycles. The van der Waals surface area contributed by atoms with Crippen LogP contribution in [0, 0.1) is 23.2 Å². The molecule has 3 heteroatoms. The molecule has 1 aromatic carbocycles. The fourth-order valence-corrected chi connectivity index (χ4v) is 5.91. The first-order valence-electron chi connectivity index (χ1n) is 9.48. The molecule has 3 nitrogen and oxygen atoms in total. The van der Waals surface area contributed by atoms with E-state index in [9.17, 15) is 9.90 Å². The highest BCUT2D eigenvalue weighted by Crippen LogP contribution is 2.60. The zero-order valence-corrected chi connectivity index (χ0v) is 14.8. The Morgan fingerprint density at radius 2 is 2.17 bits per heavy atom. The summed E-state index contributed by atoms with van der Waals surface area (Å²) >= 11 is 0. The van der Waals surface area contributed by atoms with Crippen molar-refractivity contribution in [2.75, 3.05) is 13.2 Å². The lowest BCUT2D eigenvalue weighted by atomic mass is 9.55. The van der Waals surface area contributed by atoms with Crippen molar-refractivity contribution in [3.8, 4) is 5.75 Å². The van der Waals surface area contributed by atoms with Crippen LogP contribution in [0.1, 0.15) is 56.6 Å². The number of carbonyl (C=O) groups is 1. The Morgan fingerprint density at radius 3 is 2.96 bits per heavy atom. The average molecular weight is 328 g/mol. The molecule has 0 radical (unpaired) electrons. The standard InChI is InChI=1S/C21H28O3/c1-3-24-12-14-11-19-18-6-4-13-10-15(22)5-7-16(13)17(18)8-9-21(19,2)20(14)23/h5,7,10,14,17-19,22H,3-4,6,8-9,11-12H2,1-2H3/t14-,17?,18?,19?,21+/m1/s1. The summed E-state index contributed by atoms with van der Waals surface area (Å²) in [6.07, 6.45) is 5.28. The number of Topliss-reactive ketones (excluding diaryl/α,β-unsaturated/α-hetero) is 1. The quantitative estimate of drug-likeness (QED) is 0.909. The number of ketones is 1. The van der Waals surface area contributed by atoms with Gasteiger partial charge in [0.1, 0.15) is 11.5 Å². The highest BCUT2D eigenvalue weighted by molar-refractivity contribution is 5.89. The number of phenolic OH excluding ortho intramolecular Hbond substituents is 1. The van der Waals surface area contributed by atoms with E-state index in [1.54, 1.807) is 0 Å². The molecule has 4 rings (SSSR count). The number of hydrogen-bond donors (Lipinski definition) is 1. The highest BCUT2D eigenvalue weighted by atomic mass is 16.5. The molecular formula is C21H28O3. The summed E-state index contributed by atoms with van der Waals surface area (Å²) in [7, 11) is 0. The van der Waals surface area contributed by atoms with Gasteiger partial charge in [-0.3, -0.25) is 4.79 Å². The first-order chi connectivity index (χ1) is 11.5. The third-order valence-corrected chi connectivity index (χ3v) is 7.10. The normalized spacial score (nSPS) is 37.7. The Hall–Kier alpha value is -1.35. The van der Waals surface area contributed by atoms with Crippen LogP contribution in [-0.4, -0.2) is 24.1 Å². The van der Waals surface area contributed by atoms with Crippen molar-refractivity contribution in [2.45, 2.75) is 51.9 Å². The van der Waals surface area contributed by atoms with E-state index in [4.69, 9.17) is 4.74 Å². The van der Waals surface area contributed by atoms with E-state index in [2.05, 4.69) is 13.0 Å². The van der Waals surface area contributed by atoms with Gasteiger partial charge < -0.3 is 9.84 Å². The zero-order chi connectivity index (χ0) is 16.9. The average Bonchev–Trinajstić information content (AvgIpc) is 2.84. The molecule has 130 valence electrons. The van der Waals surface area contributed by atoms with Crippen LogP contribution >= 0.6 is 0 Å². The lowest BCUT2D eigenvalue weighted by molar-refractivity contribution is -0.133. The van der Waals surface area contributed by atoms with E-state index in [1.807, 2.05) is 19.1 Å². The third kappa shape index (κ3) is 2.32. The predicted octanol–water partition coefficient (Wildman–Crippen LogP) is 4.08. The van der Waals surface area contributed by atoms with Crippen molar-refractivity contribution < 1.29 is 14.6 Å². The predicted molar refractivity (Wildman–Crippen MR) is 93.1 cm³/mol. The molecule has 24 heavy (non-hydrogen) atoms. The minimum atomic E-state index is -0.142. The van der Waals surface area contributed by atoms with Gasteiger partial charge in [0.2, 0.25) is 0 Å². The van der Waals surface area contributed by atoms with Gasteiger partial charge in [-0.1, -0.05) is 13.0 Å². The van der Waals surface area contributed by atoms with Crippen LogP contribution in [0.15, 0.2) is 18.2 Å². The summed E-state index contributed by atoms with van der Waals surface area (Å²) in [5.41, 5.74) is 2.60. The van der Waals surface area contributed by atoms with Crippen molar-refractivity contribution in [3.63, 3.8) is 0 Å². The smallest absolute Gasteiger partial charge is 0.144 e. The van der Waals surface area contributed by atoms with Crippen LogP contribution in [0.25, 0.3) is 0 Å². The van der Waals surface area contributed by atoms with Crippen LogP contribution in [0.4, 0.5) is 0 Å². The second-order valence-corrected chi connectivity index (χ2v) is 8.21. The van der Waals surface area contributed by atoms with Gasteiger partial charge in [0.05, 0.1) is 6.61 Å². The van der Waals surface area contributed by atoms with Crippen molar-refractivity contribution in [1.82, 2.24) is 0 Å². The van der Waals surface area contributed by atoms with Crippen LogP contribution in [0.3, 0.4) is 0 Å². The maximum atomic E-state index is 13.0. The molecule has 3 aliphatic carbocycles. The Balaban J connectivity index is 1.62. The van der Waals surface area contributed by atoms with E-state index in [-0.39, 0.29) is 11.3 Å². The molecule has 0 amide bonds. The number of ether oxygens (including phenoxy) is 1. The van der Waals surface area contributed by atoms with E-state index in [0.29, 0.717) is 42.5 Å². The molecule has 1 aromatic rings. The Morgan fingerprint density at radius 1 is 1.33 bits per heavy atom. The van der Waals surface area contributed by atoms with Crippen LogP contribution in [0.2, 0.25) is 0 Å². The van der Waals surface area contributed by atoms with Gasteiger partial charge in [-0.15, -0.1) is 0 Å². The number of fused-ring (bicyclic) bond motifs is 5. The molecule has 5 atom stereocenters. The van der Waals surface area contributed by atoms with Gasteiger partial charge in [-0.05, 0) is 80.0 Å². The summed E-state index contributed by atoms with van der Waals surface area (Å²) in [4.78, 5) is 13.0. The molecule has 0 aromatic heterocycles. The van der Waals surface area contributed by atoms with Gasteiger partial charge in [0.25, 0.3) is 0 Å².